The molecule has 0 bridgehead atoms. The molecule has 3 nitrogen and oxygen atoms in total. The van der Waals surface area contributed by atoms with Gasteiger partial charge in [-0.2, -0.15) is 0 Å². The minimum Gasteiger partial charge on any atom is -0.397 e. The van der Waals surface area contributed by atoms with Crippen LogP contribution in [0.2, 0.25) is 0 Å². The van der Waals surface area contributed by atoms with E-state index in [1.54, 1.807) is 25.3 Å². The molecule has 0 aliphatic heterocycles. The first kappa shape index (κ1) is 11.6. The molecule has 0 fully saturated rings. The molecule has 1 aromatic rings. The number of aromatic nitrogens is 1. The zero-order valence-corrected chi connectivity index (χ0v) is 9.30. The van der Waals surface area contributed by atoms with Gasteiger partial charge in [-0.15, -0.1) is 0 Å². The van der Waals surface area contributed by atoms with Crippen molar-refractivity contribution >= 4 is 22.6 Å². The summed E-state index contributed by atoms with van der Waals surface area (Å²) in [6.07, 6.45) is 2.27. The summed E-state index contributed by atoms with van der Waals surface area (Å²) in [6, 6.07) is 3.54. The molecule has 78 valence electrons. The molecule has 0 aliphatic carbocycles. The van der Waals surface area contributed by atoms with Gasteiger partial charge in [0, 0.05) is 19.1 Å². The molecular weight excluding hydrogens is 208 g/mol. The van der Waals surface area contributed by atoms with Crippen LogP contribution in [-0.4, -0.2) is 15.9 Å². The number of hydrogen-bond donors (Lipinski definition) is 1. The molecule has 0 unspecified atom stereocenters. The Bertz CT molecular complexity index is 389. The SMILES string of the molecule is CC(=O)SCCC#Cc1ccc(N)cn1. The first-order chi connectivity index (χ1) is 7.18. The van der Waals surface area contributed by atoms with E-state index in [4.69, 9.17) is 5.73 Å². The van der Waals surface area contributed by atoms with E-state index in [0.29, 0.717) is 17.8 Å². The number of thioether (sulfide) groups is 1. The van der Waals surface area contributed by atoms with Gasteiger partial charge in [-0.3, -0.25) is 4.79 Å². The molecule has 15 heavy (non-hydrogen) atoms. The van der Waals surface area contributed by atoms with E-state index >= 15 is 0 Å². The van der Waals surface area contributed by atoms with Crippen molar-refractivity contribution in [3.63, 3.8) is 0 Å². The Morgan fingerprint density at radius 2 is 2.40 bits per heavy atom. The van der Waals surface area contributed by atoms with Gasteiger partial charge in [-0.1, -0.05) is 17.7 Å². The number of rotatable bonds is 2. The highest BCUT2D eigenvalue weighted by molar-refractivity contribution is 8.13. The molecule has 1 aromatic heterocycles. The number of carbonyl (C=O) groups is 1. The van der Waals surface area contributed by atoms with Gasteiger partial charge in [0.05, 0.1) is 11.9 Å². The fourth-order valence-corrected chi connectivity index (χ4v) is 1.37. The number of nitrogens with two attached hydrogens (primary N) is 1. The Balaban J connectivity index is 2.38. The summed E-state index contributed by atoms with van der Waals surface area (Å²) in [4.78, 5) is 14.6. The van der Waals surface area contributed by atoms with E-state index < -0.39 is 0 Å². The molecule has 2 N–H and O–H groups in total. The molecule has 0 aliphatic rings. The average molecular weight is 220 g/mol. The first-order valence-corrected chi connectivity index (χ1v) is 5.51. The number of nitrogens with zero attached hydrogens (tertiary/aromatic N) is 1. The van der Waals surface area contributed by atoms with Gasteiger partial charge >= 0.3 is 0 Å². The number of anilines is 1. The van der Waals surface area contributed by atoms with Gasteiger partial charge in [-0.05, 0) is 18.1 Å². The predicted octanol–water partition coefficient (Wildman–Crippen LogP) is 1.69. The third-order valence-corrected chi connectivity index (χ3v) is 2.35. The van der Waals surface area contributed by atoms with Gasteiger partial charge in [0.15, 0.2) is 5.12 Å². The third kappa shape index (κ3) is 5.08. The fourth-order valence-electron chi connectivity index (χ4n) is 0.878. The lowest BCUT2D eigenvalue weighted by molar-refractivity contribution is -0.109. The van der Waals surface area contributed by atoms with Crippen molar-refractivity contribution in [3.8, 4) is 11.8 Å². The van der Waals surface area contributed by atoms with Crippen molar-refractivity contribution < 1.29 is 4.79 Å². The number of pyridine rings is 1. The maximum atomic E-state index is 10.6. The summed E-state index contributed by atoms with van der Waals surface area (Å²) in [7, 11) is 0. The van der Waals surface area contributed by atoms with Gasteiger partial charge in [-0.25, -0.2) is 4.98 Å². The molecule has 0 amide bonds. The first-order valence-electron chi connectivity index (χ1n) is 4.52. The second-order valence-corrected chi connectivity index (χ2v) is 4.14. The van der Waals surface area contributed by atoms with Crippen LogP contribution < -0.4 is 5.73 Å². The van der Waals surface area contributed by atoms with Crippen LogP contribution in [0, 0.1) is 11.8 Å². The summed E-state index contributed by atoms with van der Waals surface area (Å²) in [5.74, 6) is 6.59. The molecule has 1 rings (SSSR count). The zero-order chi connectivity index (χ0) is 11.1. The van der Waals surface area contributed by atoms with Crippen molar-refractivity contribution in [2.45, 2.75) is 13.3 Å². The van der Waals surface area contributed by atoms with Crippen molar-refractivity contribution in [3.05, 3.63) is 24.0 Å². The van der Waals surface area contributed by atoms with Crippen LogP contribution in [-0.2, 0) is 4.79 Å². The van der Waals surface area contributed by atoms with Crippen LogP contribution in [0.5, 0.6) is 0 Å². The molecule has 0 spiro atoms. The summed E-state index contributed by atoms with van der Waals surface area (Å²) in [5, 5.41) is 0.127. The Kier molecular flexibility index (Phi) is 4.72. The normalized spacial score (nSPS) is 9.13. The molecule has 4 heteroatoms. The Labute approximate surface area is 93.5 Å². The average Bonchev–Trinajstić information content (AvgIpc) is 2.20. The summed E-state index contributed by atoms with van der Waals surface area (Å²) in [6.45, 7) is 1.56. The van der Waals surface area contributed by atoms with E-state index in [1.807, 2.05) is 0 Å². The number of carbonyl (C=O) groups excluding carboxylic acids is 1. The Morgan fingerprint density at radius 3 is 3.00 bits per heavy atom. The van der Waals surface area contributed by atoms with Crippen molar-refractivity contribution in [2.75, 3.05) is 11.5 Å². The third-order valence-electron chi connectivity index (χ3n) is 1.54. The van der Waals surface area contributed by atoms with E-state index in [9.17, 15) is 4.79 Å². The van der Waals surface area contributed by atoms with E-state index in [1.165, 1.54) is 11.8 Å². The van der Waals surface area contributed by atoms with Crippen LogP contribution >= 0.6 is 11.8 Å². The van der Waals surface area contributed by atoms with E-state index in [-0.39, 0.29) is 5.12 Å². The standard InChI is InChI=1S/C11H12N2OS/c1-9(14)15-7-3-2-4-11-6-5-10(12)8-13-11/h5-6,8H,3,7,12H2,1H3. The lowest BCUT2D eigenvalue weighted by atomic mass is 10.3. The molecule has 1 heterocycles. The van der Waals surface area contributed by atoms with Crippen LogP contribution in [0.3, 0.4) is 0 Å². The molecule has 0 saturated heterocycles. The molecule has 0 aromatic carbocycles. The maximum Gasteiger partial charge on any atom is 0.185 e. The van der Waals surface area contributed by atoms with Gasteiger partial charge in [0.25, 0.3) is 0 Å². The largest absolute Gasteiger partial charge is 0.397 e. The van der Waals surface area contributed by atoms with Crippen LogP contribution in [0.1, 0.15) is 19.0 Å². The minimum atomic E-state index is 0.127. The predicted molar refractivity (Wildman–Crippen MR) is 63.3 cm³/mol. The molecule has 0 radical (unpaired) electrons. The zero-order valence-electron chi connectivity index (χ0n) is 8.49. The summed E-state index contributed by atoms with van der Waals surface area (Å²) < 4.78 is 0. The van der Waals surface area contributed by atoms with Gasteiger partial charge < -0.3 is 5.73 Å². The second-order valence-electron chi connectivity index (χ2n) is 2.87. The maximum absolute atomic E-state index is 10.6. The number of hydrogen-bond acceptors (Lipinski definition) is 4. The highest BCUT2D eigenvalue weighted by atomic mass is 32.2. The highest BCUT2D eigenvalue weighted by Crippen LogP contribution is 2.02. The van der Waals surface area contributed by atoms with Crippen molar-refractivity contribution in [1.82, 2.24) is 4.98 Å². The Hall–Kier alpha value is -1.47. The quantitative estimate of drug-likeness (QED) is 0.608. The molecule has 0 saturated carbocycles. The lowest BCUT2D eigenvalue weighted by Crippen LogP contribution is -1.88. The van der Waals surface area contributed by atoms with E-state index in [0.717, 1.165) is 5.75 Å². The van der Waals surface area contributed by atoms with Gasteiger partial charge in [0.2, 0.25) is 0 Å². The minimum absolute atomic E-state index is 0.127. The fraction of sp³-hybridized carbons (Fsp3) is 0.273. The summed E-state index contributed by atoms with van der Waals surface area (Å²) in [5.41, 5.74) is 6.82. The topological polar surface area (TPSA) is 56.0 Å². The smallest absolute Gasteiger partial charge is 0.185 e. The lowest BCUT2D eigenvalue weighted by Gasteiger charge is -1.91. The van der Waals surface area contributed by atoms with Crippen molar-refractivity contribution in [1.29, 1.82) is 0 Å². The monoisotopic (exact) mass is 220 g/mol. The van der Waals surface area contributed by atoms with E-state index in [2.05, 4.69) is 16.8 Å². The Morgan fingerprint density at radius 1 is 1.60 bits per heavy atom. The van der Waals surface area contributed by atoms with Crippen LogP contribution in [0.15, 0.2) is 18.3 Å². The van der Waals surface area contributed by atoms with Crippen LogP contribution in [0.4, 0.5) is 5.69 Å². The van der Waals surface area contributed by atoms with Gasteiger partial charge in [0.1, 0.15) is 5.69 Å². The summed E-state index contributed by atoms with van der Waals surface area (Å²) >= 11 is 1.29. The highest BCUT2D eigenvalue weighted by Gasteiger charge is 1.91. The molecule has 0 atom stereocenters. The number of nitrogen functional groups attached to an aromatic ring is 1. The van der Waals surface area contributed by atoms with Crippen LogP contribution in [0.25, 0.3) is 0 Å². The second kappa shape index (κ2) is 6.10. The van der Waals surface area contributed by atoms with Crippen molar-refractivity contribution in [2.24, 2.45) is 0 Å². The molecular formula is C11H12N2OS.